The summed E-state index contributed by atoms with van der Waals surface area (Å²) in [5.41, 5.74) is 0. The average molecular weight is 249 g/mol. The van der Waals surface area contributed by atoms with E-state index in [1.165, 1.54) is 0 Å². The van der Waals surface area contributed by atoms with Crippen LogP contribution >= 0.6 is 0 Å². The Hall–Kier alpha value is -0.460. The number of aliphatic carboxylic acids is 1. The van der Waals surface area contributed by atoms with Crippen LogP contribution in [0.2, 0.25) is 0 Å². The first-order chi connectivity index (χ1) is 7.63. The first kappa shape index (κ1) is 13.6. The summed E-state index contributed by atoms with van der Waals surface area (Å²) < 4.78 is 16.4. The van der Waals surface area contributed by atoms with E-state index in [0.29, 0.717) is 31.0 Å². The molecule has 1 fully saturated rings. The van der Waals surface area contributed by atoms with Gasteiger partial charge in [-0.05, 0) is 12.8 Å². The van der Waals surface area contributed by atoms with E-state index in [4.69, 9.17) is 9.84 Å². The highest BCUT2D eigenvalue weighted by atomic mass is 32.2. The molecule has 3 atom stereocenters. The highest BCUT2D eigenvalue weighted by Crippen LogP contribution is 2.18. The molecule has 3 unspecified atom stereocenters. The van der Waals surface area contributed by atoms with Crippen LogP contribution in [-0.2, 0) is 20.3 Å². The van der Waals surface area contributed by atoms with Gasteiger partial charge in [-0.2, -0.15) is 0 Å². The smallest absolute Gasteiger partial charge is 0.332 e. The van der Waals surface area contributed by atoms with Crippen molar-refractivity contribution in [3.8, 4) is 0 Å². The monoisotopic (exact) mass is 249 g/mol. The van der Waals surface area contributed by atoms with E-state index in [0.717, 1.165) is 6.42 Å². The first-order valence-electron chi connectivity index (χ1n) is 5.57. The van der Waals surface area contributed by atoms with Crippen molar-refractivity contribution in [2.75, 3.05) is 24.6 Å². The van der Waals surface area contributed by atoms with Gasteiger partial charge < -0.3 is 15.2 Å². The van der Waals surface area contributed by atoms with E-state index in [9.17, 15) is 9.00 Å². The quantitative estimate of drug-likeness (QED) is 0.620. The van der Waals surface area contributed by atoms with Crippen LogP contribution in [0.3, 0.4) is 0 Å². The van der Waals surface area contributed by atoms with E-state index < -0.39 is 22.9 Å². The van der Waals surface area contributed by atoms with Crippen molar-refractivity contribution in [3.63, 3.8) is 0 Å². The number of hydrogen-bond acceptors (Lipinski definition) is 4. The Morgan fingerprint density at radius 3 is 2.88 bits per heavy atom. The van der Waals surface area contributed by atoms with Gasteiger partial charge in [-0.3, -0.25) is 4.21 Å². The number of ether oxygens (including phenoxy) is 1. The Bertz CT molecular complexity index is 259. The maximum atomic E-state index is 11.1. The number of rotatable bonds is 7. The normalized spacial score (nSPS) is 26.8. The molecule has 2 N–H and O–H groups in total. The fourth-order valence-corrected chi connectivity index (χ4v) is 2.29. The summed E-state index contributed by atoms with van der Waals surface area (Å²) in [5, 5.41) is 11.9. The number of carboxylic acid groups (broad SMARTS) is 1. The molecule has 1 heterocycles. The number of hydrogen-bond donors (Lipinski definition) is 2. The summed E-state index contributed by atoms with van der Waals surface area (Å²) >= 11 is 0. The second-order valence-corrected chi connectivity index (χ2v) is 5.66. The van der Waals surface area contributed by atoms with Crippen molar-refractivity contribution in [1.29, 1.82) is 0 Å². The van der Waals surface area contributed by atoms with Gasteiger partial charge in [-0.1, -0.05) is 6.92 Å². The molecule has 0 aromatic heterocycles. The predicted octanol–water partition coefficient (Wildman–Crippen LogP) is -0.0232. The maximum Gasteiger partial charge on any atom is 0.332 e. The van der Waals surface area contributed by atoms with Crippen LogP contribution in [-0.4, -0.2) is 52.1 Å². The topological polar surface area (TPSA) is 75.6 Å². The van der Waals surface area contributed by atoms with Crippen LogP contribution in [0.15, 0.2) is 0 Å². The summed E-state index contributed by atoms with van der Waals surface area (Å²) in [7, 11) is -0.742. The molecule has 16 heavy (non-hydrogen) atoms. The summed E-state index contributed by atoms with van der Waals surface area (Å²) in [4.78, 5) is 10.6. The van der Waals surface area contributed by atoms with E-state index in [1.807, 2.05) is 6.92 Å². The lowest BCUT2D eigenvalue weighted by molar-refractivity contribution is -0.149. The van der Waals surface area contributed by atoms with E-state index >= 15 is 0 Å². The SMILES string of the molecule is CCS(=O)CCNCC1CCC(C(=O)O)O1. The number of carbonyl (C=O) groups is 1. The Labute approximate surface area is 98.0 Å². The van der Waals surface area contributed by atoms with Crippen LogP contribution in [0.5, 0.6) is 0 Å². The zero-order valence-corrected chi connectivity index (χ0v) is 10.3. The van der Waals surface area contributed by atoms with E-state index in [2.05, 4.69) is 5.32 Å². The Morgan fingerprint density at radius 2 is 2.31 bits per heavy atom. The van der Waals surface area contributed by atoms with Crippen LogP contribution in [0.4, 0.5) is 0 Å². The van der Waals surface area contributed by atoms with Crippen molar-refractivity contribution in [3.05, 3.63) is 0 Å². The largest absolute Gasteiger partial charge is 0.479 e. The third kappa shape index (κ3) is 4.59. The number of nitrogens with one attached hydrogen (secondary N) is 1. The molecule has 5 nitrogen and oxygen atoms in total. The molecule has 0 radical (unpaired) electrons. The fourth-order valence-electron chi connectivity index (χ4n) is 1.63. The van der Waals surface area contributed by atoms with Crippen molar-refractivity contribution >= 4 is 16.8 Å². The standard InChI is InChI=1S/C10H19NO4S/c1-2-16(14)6-5-11-7-8-3-4-9(15-8)10(12)13/h8-9,11H,2-7H2,1H3,(H,12,13). The van der Waals surface area contributed by atoms with Gasteiger partial charge in [0.2, 0.25) is 0 Å². The molecule has 0 spiro atoms. The molecular weight excluding hydrogens is 230 g/mol. The third-order valence-electron chi connectivity index (χ3n) is 2.58. The minimum absolute atomic E-state index is 0.0174. The summed E-state index contributed by atoms with van der Waals surface area (Å²) in [5.74, 6) is 0.448. The molecule has 0 bridgehead atoms. The highest BCUT2D eigenvalue weighted by Gasteiger charge is 2.29. The number of carboxylic acids is 1. The van der Waals surface area contributed by atoms with Crippen molar-refractivity contribution in [1.82, 2.24) is 5.32 Å². The molecule has 0 aliphatic carbocycles. The van der Waals surface area contributed by atoms with Gasteiger partial charge >= 0.3 is 5.97 Å². The van der Waals surface area contributed by atoms with Gasteiger partial charge in [-0.15, -0.1) is 0 Å². The minimum Gasteiger partial charge on any atom is -0.479 e. The summed E-state index contributed by atoms with van der Waals surface area (Å²) in [6, 6.07) is 0. The van der Waals surface area contributed by atoms with Gasteiger partial charge in [0.05, 0.1) is 6.10 Å². The predicted molar refractivity (Wildman–Crippen MR) is 62.0 cm³/mol. The molecule has 1 aliphatic rings. The molecule has 0 amide bonds. The van der Waals surface area contributed by atoms with Crippen molar-refractivity contribution in [2.24, 2.45) is 0 Å². The Kier molecular flexibility index (Phi) is 5.94. The van der Waals surface area contributed by atoms with Crippen LogP contribution in [0, 0.1) is 0 Å². The van der Waals surface area contributed by atoms with Gasteiger partial charge in [0, 0.05) is 35.4 Å². The fraction of sp³-hybridized carbons (Fsp3) is 0.900. The zero-order valence-electron chi connectivity index (χ0n) is 9.48. The average Bonchev–Trinajstić information content (AvgIpc) is 2.72. The van der Waals surface area contributed by atoms with E-state index in [1.54, 1.807) is 0 Å². The third-order valence-corrected chi connectivity index (χ3v) is 3.89. The Balaban J connectivity index is 2.07. The second kappa shape index (κ2) is 6.98. The molecule has 0 aromatic carbocycles. The zero-order chi connectivity index (χ0) is 12.0. The van der Waals surface area contributed by atoms with E-state index in [-0.39, 0.29) is 6.10 Å². The van der Waals surface area contributed by atoms with Crippen molar-refractivity contribution in [2.45, 2.75) is 32.0 Å². The summed E-state index contributed by atoms with van der Waals surface area (Å²) in [6.07, 6.45) is 0.705. The lowest BCUT2D eigenvalue weighted by Gasteiger charge is -2.11. The molecule has 1 aliphatic heterocycles. The lowest BCUT2D eigenvalue weighted by atomic mass is 10.2. The lowest BCUT2D eigenvalue weighted by Crippen LogP contribution is -2.31. The van der Waals surface area contributed by atoms with Crippen LogP contribution in [0.25, 0.3) is 0 Å². The molecule has 6 heteroatoms. The molecule has 1 rings (SSSR count). The Morgan fingerprint density at radius 1 is 1.56 bits per heavy atom. The van der Waals surface area contributed by atoms with Gasteiger partial charge in [0.15, 0.2) is 6.10 Å². The van der Waals surface area contributed by atoms with Crippen molar-refractivity contribution < 1.29 is 18.8 Å². The molecule has 1 saturated heterocycles. The maximum absolute atomic E-state index is 11.1. The molecular formula is C10H19NO4S. The minimum atomic E-state index is -0.880. The summed E-state index contributed by atoms with van der Waals surface area (Å²) in [6.45, 7) is 3.23. The molecule has 0 aromatic rings. The first-order valence-corrected chi connectivity index (χ1v) is 7.06. The van der Waals surface area contributed by atoms with Crippen LogP contribution in [0.1, 0.15) is 19.8 Å². The van der Waals surface area contributed by atoms with Gasteiger partial charge in [0.25, 0.3) is 0 Å². The van der Waals surface area contributed by atoms with Crippen LogP contribution < -0.4 is 5.32 Å². The highest BCUT2D eigenvalue weighted by molar-refractivity contribution is 7.84. The van der Waals surface area contributed by atoms with Gasteiger partial charge in [-0.25, -0.2) is 4.79 Å². The molecule has 0 saturated carbocycles. The second-order valence-electron chi connectivity index (χ2n) is 3.80. The van der Waals surface area contributed by atoms with Gasteiger partial charge in [0.1, 0.15) is 0 Å². The molecule has 94 valence electrons.